The number of hydrogen-bond donors (Lipinski definition) is 2. The molecule has 0 radical (unpaired) electrons. The molecule has 6 heteroatoms. The van der Waals surface area contributed by atoms with E-state index in [0.717, 1.165) is 29.9 Å². The summed E-state index contributed by atoms with van der Waals surface area (Å²) in [5.74, 6) is -0.0656. The Morgan fingerprint density at radius 2 is 2.20 bits per heavy atom. The van der Waals surface area contributed by atoms with Crippen LogP contribution in [0, 0.1) is 18.3 Å². The van der Waals surface area contributed by atoms with Crippen LogP contribution in [0.15, 0.2) is 28.4 Å². The average Bonchev–Trinajstić information content (AvgIpc) is 2.41. The fourth-order valence-corrected chi connectivity index (χ4v) is 1.81. The zero-order valence-corrected chi connectivity index (χ0v) is 11.9. The SMILES string of the molecule is CCN(CCC#N)c1ccc(/C=N\N=C(N)N)c(C)c1. The van der Waals surface area contributed by atoms with Crippen molar-refractivity contribution < 1.29 is 0 Å². The summed E-state index contributed by atoms with van der Waals surface area (Å²) in [6.45, 7) is 5.66. The molecule has 0 aliphatic heterocycles. The van der Waals surface area contributed by atoms with Crippen LogP contribution in [0.5, 0.6) is 0 Å². The number of rotatable bonds is 6. The van der Waals surface area contributed by atoms with Crippen molar-refractivity contribution in [2.45, 2.75) is 20.3 Å². The molecule has 0 heterocycles. The maximum Gasteiger partial charge on any atom is 0.211 e. The number of aryl methyl sites for hydroxylation is 1. The van der Waals surface area contributed by atoms with Gasteiger partial charge in [0.25, 0.3) is 0 Å². The van der Waals surface area contributed by atoms with Crippen LogP contribution in [-0.2, 0) is 0 Å². The molecule has 0 bridgehead atoms. The second kappa shape index (κ2) is 7.79. The lowest BCUT2D eigenvalue weighted by atomic mass is 10.1. The number of anilines is 1. The quantitative estimate of drug-likeness (QED) is 0.463. The summed E-state index contributed by atoms with van der Waals surface area (Å²) < 4.78 is 0. The highest BCUT2D eigenvalue weighted by Gasteiger charge is 2.05. The topological polar surface area (TPSA) is 104 Å². The van der Waals surface area contributed by atoms with Crippen LogP contribution in [-0.4, -0.2) is 25.3 Å². The van der Waals surface area contributed by atoms with Crippen molar-refractivity contribution in [1.82, 2.24) is 0 Å². The van der Waals surface area contributed by atoms with Crippen molar-refractivity contribution in [3.8, 4) is 6.07 Å². The smallest absolute Gasteiger partial charge is 0.211 e. The van der Waals surface area contributed by atoms with Gasteiger partial charge in [-0.1, -0.05) is 6.07 Å². The Labute approximate surface area is 119 Å². The lowest BCUT2D eigenvalue weighted by Crippen LogP contribution is -2.23. The second-order valence-corrected chi connectivity index (χ2v) is 4.30. The van der Waals surface area contributed by atoms with Crippen LogP contribution in [0.1, 0.15) is 24.5 Å². The van der Waals surface area contributed by atoms with E-state index in [4.69, 9.17) is 16.7 Å². The van der Waals surface area contributed by atoms with Crippen LogP contribution in [0.25, 0.3) is 0 Å². The van der Waals surface area contributed by atoms with E-state index < -0.39 is 0 Å². The Balaban J connectivity index is 2.89. The number of nitrogens with zero attached hydrogens (tertiary/aromatic N) is 4. The van der Waals surface area contributed by atoms with Crippen molar-refractivity contribution >= 4 is 17.9 Å². The number of benzene rings is 1. The highest BCUT2D eigenvalue weighted by molar-refractivity contribution is 5.83. The molecular formula is C14H20N6. The van der Waals surface area contributed by atoms with Gasteiger partial charge in [-0.3, -0.25) is 0 Å². The van der Waals surface area contributed by atoms with Crippen LogP contribution >= 0.6 is 0 Å². The molecule has 0 saturated carbocycles. The maximum absolute atomic E-state index is 8.67. The van der Waals surface area contributed by atoms with Crippen LogP contribution < -0.4 is 16.4 Å². The molecule has 1 aromatic carbocycles. The van der Waals surface area contributed by atoms with Crippen LogP contribution in [0.4, 0.5) is 5.69 Å². The lowest BCUT2D eigenvalue weighted by molar-refractivity contribution is 0.826. The first-order chi connectivity index (χ1) is 9.58. The third-order valence-electron chi connectivity index (χ3n) is 2.86. The number of hydrogen-bond acceptors (Lipinski definition) is 4. The molecule has 0 aliphatic carbocycles. The third-order valence-corrected chi connectivity index (χ3v) is 2.86. The summed E-state index contributed by atoms with van der Waals surface area (Å²) in [5.41, 5.74) is 13.5. The van der Waals surface area contributed by atoms with Gasteiger partial charge in [-0.2, -0.15) is 10.4 Å². The molecule has 20 heavy (non-hydrogen) atoms. The minimum absolute atomic E-state index is 0.0656. The molecule has 0 aromatic heterocycles. The van der Waals surface area contributed by atoms with Gasteiger partial charge in [0, 0.05) is 18.8 Å². The molecule has 6 nitrogen and oxygen atoms in total. The predicted octanol–water partition coefficient (Wildman–Crippen LogP) is 1.34. The van der Waals surface area contributed by atoms with Crippen molar-refractivity contribution in [2.75, 3.05) is 18.0 Å². The Kier molecular flexibility index (Phi) is 6.04. The van der Waals surface area contributed by atoms with Crippen molar-refractivity contribution in [3.05, 3.63) is 29.3 Å². The lowest BCUT2D eigenvalue weighted by Gasteiger charge is -2.22. The van der Waals surface area contributed by atoms with Gasteiger partial charge in [-0.05, 0) is 37.1 Å². The van der Waals surface area contributed by atoms with Crippen molar-refractivity contribution in [2.24, 2.45) is 21.7 Å². The monoisotopic (exact) mass is 272 g/mol. The van der Waals surface area contributed by atoms with E-state index in [-0.39, 0.29) is 5.96 Å². The van der Waals surface area contributed by atoms with Gasteiger partial charge in [-0.25, -0.2) is 0 Å². The highest BCUT2D eigenvalue weighted by Crippen LogP contribution is 2.18. The summed E-state index contributed by atoms with van der Waals surface area (Å²) in [6, 6.07) is 8.20. The number of guanidine groups is 1. The fraction of sp³-hybridized carbons (Fsp3) is 0.357. The molecule has 0 unspecified atom stereocenters. The molecule has 0 spiro atoms. The molecule has 106 valence electrons. The zero-order chi connectivity index (χ0) is 15.0. The highest BCUT2D eigenvalue weighted by atomic mass is 15.3. The van der Waals surface area contributed by atoms with E-state index in [1.807, 2.05) is 19.1 Å². The second-order valence-electron chi connectivity index (χ2n) is 4.30. The van der Waals surface area contributed by atoms with Gasteiger partial charge in [-0.15, -0.1) is 5.10 Å². The first-order valence-corrected chi connectivity index (χ1v) is 6.43. The minimum atomic E-state index is -0.0656. The molecule has 4 N–H and O–H groups in total. The number of nitrogens with two attached hydrogens (primary N) is 2. The Hall–Kier alpha value is -2.55. The summed E-state index contributed by atoms with van der Waals surface area (Å²) in [6.07, 6.45) is 2.13. The number of nitriles is 1. The Bertz CT molecular complexity index is 537. The molecule has 0 atom stereocenters. The van der Waals surface area contributed by atoms with Gasteiger partial charge >= 0.3 is 0 Å². The van der Waals surface area contributed by atoms with Crippen molar-refractivity contribution in [1.29, 1.82) is 5.26 Å². The van der Waals surface area contributed by atoms with Crippen LogP contribution in [0.3, 0.4) is 0 Å². The third kappa shape index (κ3) is 4.61. The Morgan fingerprint density at radius 3 is 2.75 bits per heavy atom. The van der Waals surface area contributed by atoms with Gasteiger partial charge in [0.05, 0.1) is 18.7 Å². The van der Waals surface area contributed by atoms with E-state index in [0.29, 0.717) is 6.42 Å². The summed E-state index contributed by atoms with van der Waals surface area (Å²) in [7, 11) is 0. The van der Waals surface area contributed by atoms with E-state index in [2.05, 4.69) is 34.2 Å². The fourth-order valence-electron chi connectivity index (χ4n) is 1.81. The zero-order valence-electron chi connectivity index (χ0n) is 11.9. The van der Waals surface area contributed by atoms with Crippen molar-refractivity contribution in [3.63, 3.8) is 0 Å². The molecule has 1 aromatic rings. The van der Waals surface area contributed by atoms with E-state index in [1.54, 1.807) is 6.21 Å². The average molecular weight is 272 g/mol. The van der Waals surface area contributed by atoms with E-state index in [1.165, 1.54) is 0 Å². The molecule has 1 rings (SSSR count). The normalized spacial score (nSPS) is 10.2. The van der Waals surface area contributed by atoms with E-state index in [9.17, 15) is 0 Å². The minimum Gasteiger partial charge on any atom is -0.371 e. The standard InChI is InChI=1S/C14H20N6/c1-3-20(8-4-7-15)13-6-5-12(11(2)9-13)10-18-19-14(16)17/h5-6,9-10H,3-4,8H2,1-2H3,(H4,16,17,19)/b18-10-. The first-order valence-electron chi connectivity index (χ1n) is 6.43. The summed E-state index contributed by atoms with van der Waals surface area (Å²) in [5, 5.41) is 16.0. The summed E-state index contributed by atoms with van der Waals surface area (Å²) >= 11 is 0. The molecule has 0 aliphatic rings. The van der Waals surface area contributed by atoms with Gasteiger partial charge < -0.3 is 16.4 Å². The molecular weight excluding hydrogens is 252 g/mol. The van der Waals surface area contributed by atoms with E-state index >= 15 is 0 Å². The molecule has 0 saturated heterocycles. The molecule has 0 amide bonds. The maximum atomic E-state index is 8.67. The van der Waals surface area contributed by atoms with Gasteiger partial charge in [0.15, 0.2) is 0 Å². The largest absolute Gasteiger partial charge is 0.371 e. The molecule has 0 fully saturated rings. The van der Waals surface area contributed by atoms with Gasteiger partial charge in [0.1, 0.15) is 0 Å². The predicted molar refractivity (Wildman–Crippen MR) is 82.7 cm³/mol. The van der Waals surface area contributed by atoms with Gasteiger partial charge in [0.2, 0.25) is 5.96 Å². The summed E-state index contributed by atoms with van der Waals surface area (Å²) in [4.78, 5) is 2.16. The first kappa shape index (κ1) is 15.5. The van der Waals surface area contributed by atoms with Crippen LogP contribution in [0.2, 0.25) is 0 Å². The Morgan fingerprint density at radius 1 is 1.45 bits per heavy atom.